The van der Waals surface area contributed by atoms with Crippen molar-refractivity contribution in [1.82, 2.24) is 10.2 Å². The maximum absolute atomic E-state index is 12.5. The quantitative estimate of drug-likeness (QED) is 0.838. The Balaban J connectivity index is 2.62. The normalized spacial score (nSPS) is 23.0. The number of hydrogen-bond acceptors (Lipinski definition) is 2. The molecule has 0 aromatic rings. The molecule has 1 aliphatic rings. The Morgan fingerprint density at radius 2 is 1.95 bits per heavy atom. The average Bonchev–Trinajstić information content (AvgIpc) is 2.34. The third-order valence-electron chi connectivity index (χ3n) is 3.58. The van der Waals surface area contributed by atoms with Gasteiger partial charge >= 0.3 is 18.2 Å². The predicted molar refractivity (Wildman–Crippen MR) is 69.8 cm³/mol. The highest BCUT2D eigenvalue weighted by Crippen LogP contribution is 2.25. The molecule has 122 valence electrons. The lowest BCUT2D eigenvalue weighted by Gasteiger charge is -2.32. The molecule has 0 spiro atoms. The third-order valence-corrected chi connectivity index (χ3v) is 3.58. The Morgan fingerprint density at radius 3 is 2.43 bits per heavy atom. The van der Waals surface area contributed by atoms with Gasteiger partial charge in [0.2, 0.25) is 0 Å². The van der Waals surface area contributed by atoms with Crippen LogP contribution in [0.3, 0.4) is 0 Å². The molecular formula is C13H21F3N2O3. The van der Waals surface area contributed by atoms with Crippen molar-refractivity contribution in [2.24, 2.45) is 5.92 Å². The lowest BCUT2D eigenvalue weighted by atomic mass is 9.86. The smallest absolute Gasteiger partial charge is 0.406 e. The zero-order valence-corrected chi connectivity index (χ0v) is 12.1. The summed E-state index contributed by atoms with van der Waals surface area (Å²) in [4.78, 5) is 23.6. The van der Waals surface area contributed by atoms with Crippen LogP contribution in [0.1, 0.15) is 39.5 Å². The minimum Gasteiger partial charge on any atom is -0.481 e. The summed E-state index contributed by atoms with van der Waals surface area (Å²) in [7, 11) is 0. The van der Waals surface area contributed by atoms with Gasteiger partial charge in [-0.2, -0.15) is 13.2 Å². The zero-order valence-electron chi connectivity index (χ0n) is 12.1. The monoisotopic (exact) mass is 310 g/mol. The number of carbonyl (C=O) groups is 2. The van der Waals surface area contributed by atoms with Gasteiger partial charge in [0.1, 0.15) is 6.54 Å². The van der Waals surface area contributed by atoms with E-state index in [1.54, 1.807) is 0 Å². The molecule has 2 unspecified atom stereocenters. The van der Waals surface area contributed by atoms with E-state index >= 15 is 0 Å². The number of carbonyl (C=O) groups excluding carboxylic acids is 1. The molecule has 2 N–H and O–H groups in total. The Hall–Kier alpha value is -1.47. The van der Waals surface area contributed by atoms with Gasteiger partial charge in [0, 0.05) is 12.1 Å². The average molecular weight is 310 g/mol. The first-order chi connectivity index (χ1) is 9.60. The number of nitrogens with one attached hydrogen (secondary N) is 1. The molecule has 8 heteroatoms. The predicted octanol–water partition coefficient (Wildman–Crippen LogP) is 2.61. The summed E-state index contributed by atoms with van der Waals surface area (Å²) in [6.45, 7) is 1.70. The van der Waals surface area contributed by atoms with Crippen LogP contribution in [0, 0.1) is 5.92 Å². The Labute approximate surface area is 121 Å². The number of aliphatic carboxylic acids is 1. The van der Waals surface area contributed by atoms with Gasteiger partial charge in [-0.3, -0.25) is 4.79 Å². The number of halogens is 3. The van der Waals surface area contributed by atoms with E-state index in [0.717, 1.165) is 0 Å². The van der Waals surface area contributed by atoms with Gasteiger partial charge in [0.15, 0.2) is 0 Å². The molecule has 1 fully saturated rings. The minimum atomic E-state index is -4.46. The van der Waals surface area contributed by atoms with Gasteiger partial charge in [-0.1, -0.05) is 6.42 Å². The molecule has 0 aromatic heterocycles. The second-order valence-electron chi connectivity index (χ2n) is 5.69. The summed E-state index contributed by atoms with van der Waals surface area (Å²) in [5, 5.41) is 11.5. The van der Waals surface area contributed by atoms with Gasteiger partial charge in [-0.05, 0) is 33.1 Å². The van der Waals surface area contributed by atoms with Crippen LogP contribution in [0.25, 0.3) is 0 Å². The number of carboxylic acid groups (broad SMARTS) is 1. The molecule has 0 heterocycles. The molecule has 0 bridgehead atoms. The van der Waals surface area contributed by atoms with Crippen LogP contribution in [-0.4, -0.2) is 46.8 Å². The fourth-order valence-electron chi connectivity index (χ4n) is 2.48. The Kier molecular flexibility index (Phi) is 5.86. The van der Waals surface area contributed by atoms with Crippen LogP contribution in [0.5, 0.6) is 0 Å². The highest BCUT2D eigenvalue weighted by molar-refractivity contribution is 5.75. The topological polar surface area (TPSA) is 69.6 Å². The fraction of sp³-hybridized carbons (Fsp3) is 0.846. The van der Waals surface area contributed by atoms with Gasteiger partial charge in [-0.25, -0.2) is 4.79 Å². The van der Waals surface area contributed by atoms with Gasteiger partial charge in [-0.15, -0.1) is 0 Å². The molecule has 5 nitrogen and oxygen atoms in total. The number of amides is 2. The van der Waals surface area contributed by atoms with E-state index in [4.69, 9.17) is 5.11 Å². The van der Waals surface area contributed by atoms with E-state index in [9.17, 15) is 22.8 Å². The molecule has 1 saturated carbocycles. The summed E-state index contributed by atoms with van der Waals surface area (Å²) in [6.07, 6.45) is -2.43. The number of hydrogen-bond donors (Lipinski definition) is 2. The molecule has 0 saturated heterocycles. The summed E-state index contributed by atoms with van der Waals surface area (Å²) in [6, 6.07) is -1.77. The van der Waals surface area contributed by atoms with Crippen molar-refractivity contribution in [3.05, 3.63) is 0 Å². The van der Waals surface area contributed by atoms with Crippen molar-refractivity contribution in [2.75, 3.05) is 6.54 Å². The SMILES string of the molecule is CC(C)N(CC(F)(F)F)C(=O)NC1CCCC(C(=O)O)C1. The van der Waals surface area contributed by atoms with E-state index < -0.39 is 36.7 Å². The van der Waals surface area contributed by atoms with E-state index in [-0.39, 0.29) is 12.5 Å². The van der Waals surface area contributed by atoms with Gasteiger partial charge in [0.25, 0.3) is 0 Å². The largest absolute Gasteiger partial charge is 0.481 e. The highest BCUT2D eigenvalue weighted by Gasteiger charge is 2.35. The number of carboxylic acids is 1. The Morgan fingerprint density at radius 1 is 1.33 bits per heavy atom. The van der Waals surface area contributed by atoms with Crippen molar-refractivity contribution in [2.45, 2.75) is 57.8 Å². The summed E-state index contributed by atoms with van der Waals surface area (Å²) in [5.41, 5.74) is 0. The maximum Gasteiger partial charge on any atom is 0.406 e. The molecule has 1 rings (SSSR count). The van der Waals surface area contributed by atoms with Crippen molar-refractivity contribution < 1.29 is 27.9 Å². The van der Waals surface area contributed by atoms with Crippen LogP contribution in [0.4, 0.5) is 18.0 Å². The van der Waals surface area contributed by atoms with Crippen molar-refractivity contribution in [3.8, 4) is 0 Å². The van der Waals surface area contributed by atoms with E-state index in [2.05, 4.69) is 5.32 Å². The molecule has 0 aliphatic heterocycles. The second-order valence-corrected chi connectivity index (χ2v) is 5.69. The molecule has 1 aliphatic carbocycles. The van der Waals surface area contributed by atoms with Crippen LogP contribution in [0.2, 0.25) is 0 Å². The summed E-state index contributed by atoms with van der Waals surface area (Å²) < 4.78 is 37.4. The molecular weight excluding hydrogens is 289 g/mol. The van der Waals surface area contributed by atoms with E-state index in [0.29, 0.717) is 24.2 Å². The van der Waals surface area contributed by atoms with Crippen molar-refractivity contribution in [3.63, 3.8) is 0 Å². The minimum absolute atomic E-state index is 0.263. The van der Waals surface area contributed by atoms with E-state index in [1.807, 2.05) is 0 Å². The van der Waals surface area contributed by atoms with E-state index in [1.165, 1.54) is 13.8 Å². The number of urea groups is 1. The first kappa shape index (κ1) is 17.6. The van der Waals surface area contributed by atoms with Crippen LogP contribution in [0.15, 0.2) is 0 Å². The van der Waals surface area contributed by atoms with Crippen LogP contribution in [-0.2, 0) is 4.79 Å². The third kappa shape index (κ3) is 5.81. The standard InChI is InChI=1S/C13H21F3N2O3/c1-8(2)18(7-13(14,15)16)12(21)17-10-5-3-4-9(6-10)11(19)20/h8-10H,3-7H2,1-2H3,(H,17,21)(H,19,20). The van der Waals surface area contributed by atoms with Crippen molar-refractivity contribution in [1.29, 1.82) is 0 Å². The van der Waals surface area contributed by atoms with Crippen LogP contribution >= 0.6 is 0 Å². The second kappa shape index (κ2) is 7.00. The lowest BCUT2D eigenvalue weighted by molar-refractivity contribution is -0.143. The zero-order chi connectivity index (χ0) is 16.2. The molecule has 2 amide bonds. The van der Waals surface area contributed by atoms with Gasteiger partial charge in [0.05, 0.1) is 5.92 Å². The molecule has 0 radical (unpaired) electrons. The fourth-order valence-corrected chi connectivity index (χ4v) is 2.48. The Bertz CT molecular complexity index is 385. The van der Waals surface area contributed by atoms with Crippen LogP contribution < -0.4 is 5.32 Å². The summed E-state index contributed by atoms with van der Waals surface area (Å²) >= 11 is 0. The lowest BCUT2D eigenvalue weighted by Crippen LogP contribution is -2.52. The molecule has 2 atom stereocenters. The first-order valence-corrected chi connectivity index (χ1v) is 6.97. The number of alkyl halides is 3. The highest BCUT2D eigenvalue weighted by atomic mass is 19.4. The summed E-state index contributed by atoms with van der Waals surface area (Å²) in [5.74, 6) is -1.47. The van der Waals surface area contributed by atoms with Gasteiger partial charge < -0.3 is 15.3 Å². The first-order valence-electron chi connectivity index (χ1n) is 6.97. The number of nitrogens with zero attached hydrogens (tertiary/aromatic N) is 1. The molecule has 0 aromatic carbocycles. The maximum atomic E-state index is 12.5. The molecule has 21 heavy (non-hydrogen) atoms. The van der Waals surface area contributed by atoms with Crippen molar-refractivity contribution >= 4 is 12.0 Å². The number of rotatable bonds is 4.